The third-order valence-corrected chi connectivity index (χ3v) is 5.99. The molecule has 1 aliphatic heterocycles. The van der Waals surface area contributed by atoms with E-state index in [0.29, 0.717) is 30.2 Å². The van der Waals surface area contributed by atoms with Gasteiger partial charge in [0, 0.05) is 42.2 Å². The van der Waals surface area contributed by atoms with Gasteiger partial charge in [0.1, 0.15) is 0 Å². The Morgan fingerprint density at radius 3 is 2.71 bits per heavy atom. The summed E-state index contributed by atoms with van der Waals surface area (Å²) in [6.07, 6.45) is 3.63. The van der Waals surface area contributed by atoms with Crippen LogP contribution in [0.4, 0.5) is 0 Å². The first-order chi connectivity index (χ1) is 14.8. The van der Waals surface area contributed by atoms with E-state index in [4.69, 9.17) is 22.1 Å². The third-order valence-electron chi connectivity index (χ3n) is 5.74. The number of ether oxygens (including phenoxy) is 1. The number of aromatic nitrogens is 1. The van der Waals surface area contributed by atoms with Gasteiger partial charge in [0.15, 0.2) is 11.9 Å². The predicted octanol–water partition coefficient (Wildman–Crippen LogP) is 2.26. The van der Waals surface area contributed by atoms with Crippen molar-refractivity contribution in [3.63, 3.8) is 0 Å². The van der Waals surface area contributed by atoms with Crippen molar-refractivity contribution in [3.05, 3.63) is 70.1 Å². The predicted molar refractivity (Wildman–Crippen MR) is 117 cm³/mol. The Morgan fingerprint density at radius 1 is 1.29 bits per heavy atom. The van der Waals surface area contributed by atoms with Gasteiger partial charge in [0.25, 0.3) is 0 Å². The highest BCUT2D eigenvalue weighted by Crippen LogP contribution is 2.26. The molecule has 0 bridgehead atoms. The smallest absolute Gasteiger partial charge is 0.306 e. The normalized spacial score (nSPS) is 19.6. The minimum absolute atomic E-state index is 0.0878. The number of pyridine rings is 1. The molecule has 2 heterocycles. The molecule has 1 aliphatic rings. The summed E-state index contributed by atoms with van der Waals surface area (Å²) in [5, 5.41) is 12.7. The Kier molecular flexibility index (Phi) is 7.51. The van der Waals surface area contributed by atoms with Crippen LogP contribution < -0.4 is 10.5 Å². The van der Waals surface area contributed by atoms with Gasteiger partial charge in [-0.1, -0.05) is 29.8 Å². The molecule has 0 spiro atoms. The van der Waals surface area contributed by atoms with E-state index in [9.17, 15) is 14.8 Å². The van der Waals surface area contributed by atoms with E-state index in [1.165, 1.54) is 13.3 Å². The number of nitrogens with zero attached hydrogens (tertiary/aromatic N) is 2. The Labute approximate surface area is 187 Å². The molecule has 0 aliphatic carbocycles. The van der Waals surface area contributed by atoms with Crippen LogP contribution in [-0.2, 0) is 27.2 Å². The maximum atomic E-state index is 13.4. The van der Waals surface area contributed by atoms with Crippen LogP contribution in [0.15, 0.2) is 48.7 Å². The summed E-state index contributed by atoms with van der Waals surface area (Å²) < 4.78 is 5.51. The van der Waals surface area contributed by atoms with Gasteiger partial charge in [-0.05, 0) is 37.0 Å². The second kappa shape index (κ2) is 10.1. The van der Waals surface area contributed by atoms with Crippen LogP contribution in [0.3, 0.4) is 0 Å². The number of halogens is 1. The summed E-state index contributed by atoms with van der Waals surface area (Å²) in [5.41, 5.74) is 7.61. The molecule has 0 radical (unpaired) electrons. The monoisotopic (exact) mass is 445 g/mol. The first-order valence-electron chi connectivity index (χ1n) is 10.4. The van der Waals surface area contributed by atoms with Crippen molar-refractivity contribution in [2.24, 2.45) is 11.7 Å². The fourth-order valence-corrected chi connectivity index (χ4v) is 4.29. The molecule has 2 atom stereocenters. The molecule has 1 aromatic heterocycles. The number of methoxy groups -OCH3 is 1. The van der Waals surface area contributed by atoms with Crippen LogP contribution in [0.2, 0.25) is 5.02 Å². The van der Waals surface area contributed by atoms with Crippen LogP contribution >= 0.6 is 11.6 Å². The Morgan fingerprint density at radius 2 is 2.03 bits per heavy atom. The van der Waals surface area contributed by atoms with Gasteiger partial charge >= 0.3 is 5.97 Å². The fraction of sp³-hybridized carbons (Fsp3) is 0.435. The molecule has 1 saturated heterocycles. The maximum Gasteiger partial charge on any atom is 0.306 e. The molecular formula is C23H28ClN3O4. The molecule has 2 N–H and O–H groups in total. The number of hydrogen-bond donors (Lipinski definition) is 1. The zero-order valence-corrected chi connectivity index (χ0v) is 18.4. The number of benzene rings is 1. The van der Waals surface area contributed by atoms with Crippen molar-refractivity contribution in [2.45, 2.75) is 37.6 Å². The summed E-state index contributed by atoms with van der Waals surface area (Å²) in [5.74, 6) is -1.35. The summed E-state index contributed by atoms with van der Waals surface area (Å²) in [6.45, 7) is 0.959. The molecule has 3 rings (SSSR count). The molecule has 8 heteroatoms. The van der Waals surface area contributed by atoms with Crippen LogP contribution in [0.1, 0.15) is 30.5 Å². The number of esters is 1. The van der Waals surface area contributed by atoms with Gasteiger partial charge in [0.2, 0.25) is 5.91 Å². The van der Waals surface area contributed by atoms with Gasteiger partial charge < -0.3 is 20.6 Å². The van der Waals surface area contributed by atoms with Crippen molar-refractivity contribution in [3.8, 4) is 0 Å². The average molecular weight is 446 g/mol. The number of rotatable bonds is 7. The summed E-state index contributed by atoms with van der Waals surface area (Å²) in [7, 11) is 1.29. The van der Waals surface area contributed by atoms with E-state index in [2.05, 4.69) is 0 Å². The summed E-state index contributed by atoms with van der Waals surface area (Å²) >= 11 is 5.97. The molecule has 1 aromatic carbocycles. The number of nitrogens with two attached hydrogens (primary N) is 1. The number of hydrogen-bond acceptors (Lipinski definition) is 5. The third kappa shape index (κ3) is 6.18. The summed E-state index contributed by atoms with van der Waals surface area (Å²) in [4.78, 5) is 27.1. The lowest BCUT2D eigenvalue weighted by Crippen LogP contribution is -2.58. The lowest BCUT2D eigenvalue weighted by molar-refractivity contribution is -0.614. The van der Waals surface area contributed by atoms with Crippen molar-refractivity contribution >= 4 is 23.5 Å². The van der Waals surface area contributed by atoms with E-state index >= 15 is 0 Å². The van der Waals surface area contributed by atoms with Crippen LogP contribution in [-0.4, -0.2) is 42.5 Å². The lowest BCUT2D eigenvalue weighted by Gasteiger charge is -2.41. The van der Waals surface area contributed by atoms with E-state index in [-0.39, 0.29) is 18.7 Å². The Hall–Kier alpha value is -2.64. The molecule has 31 heavy (non-hydrogen) atoms. The van der Waals surface area contributed by atoms with E-state index < -0.39 is 17.4 Å². The topological polar surface area (TPSA) is 99.6 Å². The van der Waals surface area contributed by atoms with E-state index in [0.717, 1.165) is 23.1 Å². The second-order valence-electron chi connectivity index (χ2n) is 8.23. The zero-order chi connectivity index (χ0) is 22.4. The molecule has 1 amide bonds. The highest BCUT2D eigenvalue weighted by molar-refractivity contribution is 6.30. The largest absolute Gasteiger partial charge is 0.619 e. The number of carbonyl (C=O) groups excluding carboxylic acids is 2. The SMILES string of the molecule is COC(=O)CC(Cc1cccc[n+]1[O-])C(=O)N1CCCC(N)(Cc2ccc(Cl)cc2)C1. The second-order valence-corrected chi connectivity index (χ2v) is 8.66. The minimum atomic E-state index is -0.687. The zero-order valence-electron chi connectivity index (χ0n) is 17.6. The molecule has 1 fully saturated rings. The van der Waals surface area contributed by atoms with Gasteiger partial charge in [-0.15, -0.1) is 0 Å². The number of piperidine rings is 1. The lowest BCUT2D eigenvalue weighted by atomic mass is 9.83. The van der Waals surface area contributed by atoms with Crippen LogP contribution in [0, 0.1) is 11.1 Å². The van der Waals surface area contributed by atoms with E-state index in [1.807, 2.05) is 24.3 Å². The van der Waals surface area contributed by atoms with Crippen molar-refractivity contribution in [1.29, 1.82) is 0 Å². The number of likely N-dealkylation sites (tertiary alicyclic amines) is 1. The standard InChI is InChI=1S/C23H28ClN3O4/c1-31-21(28)14-18(13-20-5-2-3-12-27(20)30)22(29)26-11-4-10-23(25,16-26)15-17-6-8-19(24)9-7-17/h2-3,5-9,12,18H,4,10-11,13-16,25H2,1H3. The maximum absolute atomic E-state index is 13.4. The molecule has 2 aromatic rings. The first-order valence-corrected chi connectivity index (χ1v) is 10.7. The van der Waals surface area contributed by atoms with Gasteiger partial charge in [0.05, 0.1) is 19.4 Å². The van der Waals surface area contributed by atoms with Crippen molar-refractivity contribution < 1.29 is 19.1 Å². The highest BCUT2D eigenvalue weighted by Gasteiger charge is 2.37. The molecular weight excluding hydrogens is 418 g/mol. The van der Waals surface area contributed by atoms with Crippen molar-refractivity contribution in [1.82, 2.24) is 4.90 Å². The van der Waals surface area contributed by atoms with E-state index in [1.54, 1.807) is 23.1 Å². The number of carbonyl (C=O) groups is 2. The molecule has 166 valence electrons. The fourth-order valence-electron chi connectivity index (χ4n) is 4.17. The Balaban J connectivity index is 1.75. The van der Waals surface area contributed by atoms with Gasteiger partial charge in [-0.2, -0.15) is 4.73 Å². The van der Waals surface area contributed by atoms with Gasteiger partial charge in [-0.25, -0.2) is 0 Å². The van der Waals surface area contributed by atoms with Crippen molar-refractivity contribution in [2.75, 3.05) is 20.2 Å². The van der Waals surface area contributed by atoms with Gasteiger partial charge in [-0.3, -0.25) is 9.59 Å². The molecule has 7 nitrogen and oxygen atoms in total. The average Bonchev–Trinajstić information content (AvgIpc) is 2.75. The quantitative estimate of drug-likeness (QED) is 0.400. The molecule has 0 saturated carbocycles. The highest BCUT2D eigenvalue weighted by atomic mass is 35.5. The van der Waals surface area contributed by atoms with Crippen LogP contribution in [0.5, 0.6) is 0 Å². The number of amides is 1. The summed E-state index contributed by atoms with van der Waals surface area (Å²) in [6, 6.07) is 12.6. The van der Waals surface area contributed by atoms with Crippen LogP contribution in [0.25, 0.3) is 0 Å². The first kappa shape index (κ1) is 23.0. The molecule has 2 unspecified atom stereocenters. The minimum Gasteiger partial charge on any atom is -0.619 e. The Bertz CT molecular complexity index is 921.